The number of aromatic hydroxyl groups is 1. The molecule has 0 saturated carbocycles. The molecule has 0 heterocycles. The molecule has 0 spiro atoms. The van der Waals surface area contributed by atoms with Gasteiger partial charge in [-0.1, -0.05) is 25.4 Å². The fraction of sp³-hybridized carbons (Fsp3) is 0.467. The molecule has 0 aliphatic rings. The lowest BCUT2D eigenvalue weighted by molar-refractivity contribution is -0.138. The average molecular weight is 314 g/mol. The smallest absolute Gasteiger partial charge is 0.303 e. The normalized spacial score (nSPS) is 12.2. The zero-order chi connectivity index (χ0) is 16.0. The predicted octanol–water partition coefficient (Wildman–Crippen LogP) is 2.91. The predicted molar refractivity (Wildman–Crippen MR) is 80.6 cm³/mol. The first-order valence-electron chi connectivity index (χ1n) is 6.78. The Kier molecular flexibility index (Phi) is 6.49. The third kappa shape index (κ3) is 6.04. The van der Waals surface area contributed by atoms with Gasteiger partial charge in [-0.05, 0) is 36.5 Å². The van der Waals surface area contributed by atoms with Crippen molar-refractivity contribution in [1.29, 1.82) is 0 Å². The highest BCUT2D eigenvalue weighted by atomic mass is 35.5. The third-order valence-corrected chi connectivity index (χ3v) is 3.26. The number of carboxylic acid groups (broad SMARTS) is 1. The van der Waals surface area contributed by atoms with Crippen LogP contribution in [0.5, 0.6) is 5.75 Å². The van der Waals surface area contributed by atoms with E-state index in [1.54, 1.807) is 0 Å². The Balaban J connectivity index is 2.65. The summed E-state index contributed by atoms with van der Waals surface area (Å²) in [4.78, 5) is 22.8. The molecule has 0 aliphatic heterocycles. The Hall–Kier alpha value is -1.75. The van der Waals surface area contributed by atoms with E-state index in [1.807, 2.05) is 13.8 Å². The van der Waals surface area contributed by atoms with Gasteiger partial charge in [0.25, 0.3) is 5.91 Å². The molecule has 1 aromatic rings. The largest absolute Gasteiger partial charge is 0.507 e. The number of hydrogen-bond acceptors (Lipinski definition) is 3. The molecule has 0 bridgehead atoms. The molecule has 5 nitrogen and oxygen atoms in total. The van der Waals surface area contributed by atoms with Crippen molar-refractivity contribution in [2.45, 2.75) is 26.7 Å². The van der Waals surface area contributed by atoms with Crippen LogP contribution in [-0.2, 0) is 4.79 Å². The summed E-state index contributed by atoms with van der Waals surface area (Å²) in [6, 6.07) is 4.24. The van der Waals surface area contributed by atoms with Crippen molar-refractivity contribution in [1.82, 2.24) is 5.32 Å². The quantitative estimate of drug-likeness (QED) is 0.722. The average Bonchev–Trinajstić information content (AvgIpc) is 2.34. The van der Waals surface area contributed by atoms with Crippen molar-refractivity contribution in [2.75, 3.05) is 6.54 Å². The summed E-state index contributed by atoms with van der Waals surface area (Å²) in [5.41, 5.74) is 0.123. The molecule has 1 rings (SSSR count). The Labute approximate surface area is 128 Å². The Morgan fingerprint density at radius 3 is 2.52 bits per heavy atom. The molecule has 1 atom stereocenters. The first-order valence-corrected chi connectivity index (χ1v) is 7.16. The molecule has 0 radical (unpaired) electrons. The first kappa shape index (κ1) is 17.3. The van der Waals surface area contributed by atoms with E-state index >= 15 is 0 Å². The summed E-state index contributed by atoms with van der Waals surface area (Å²) < 4.78 is 0. The van der Waals surface area contributed by atoms with Gasteiger partial charge in [0, 0.05) is 18.0 Å². The molecule has 1 unspecified atom stereocenters. The molecule has 0 saturated heterocycles. The van der Waals surface area contributed by atoms with Gasteiger partial charge in [0.1, 0.15) is 5.75 Å². The van der Waals surface area contributed by atoms with Crippen LogP contribution < -0.4 is 5.32 Å². The van der Waals surface area contributed by atoms with Crippen LogP contribution in [0.2, 0.25) is 5.02 Å². The van der Waals surface area contributed by atoms with Crippen LogP contribution in [0.15, 0.2) is 18.2 Å². The van der Waals surface area contributed by atoms with E-state index in [2.05, 4.69) is 5.32 Å². The number of phenols is 1. The number of carbonyl (C=O) groups excluding carboxylic acids is 1. The molecule has 0 aromatic heterocycles. The highest BCUT2D eigenvalue weighted by Gasteiger charge is 2.17. The summed E-state index contributed by atoms with van der Waals surface area (Å²) in [5, 5.41) is 21.6. The minimum Gasteiger partial charge on any atom is -0.507 e. The van der Waals surface area contributed by atoms with Crippen LogP contribution in [-0.4, -0.2) is 28.6 Å². The molecule has 116 valence electrons. The number of carbonyl (C=O) groups is 2. The second-order valence-electron chi connectivity index (χ2n) is 5.46. The summed E-state index contributed by atoms with van der Waals surface area (Å²) in [6.45, 7) is 4.26. The monoisotopic (exact) mass is 313 g/mol. The molecule has 0 aliphatic carbocycles. The molecule has 1 aromatic carbocycles. The molecular weight excluding hydrogens is 294 g/mol. The zero-order valence-electron chi connectivity index (χ0n) is 12.1. The van der Waals surface area contributed by atoms with Crippen LogP contribution in [0.4, 0.5) is 0 Å². The lowest BCUT2D eigenvalue weighted by Gasteiger charge is -2.18. The molecule has 21 heavy (non-hydrogen) atoms. The highest BCUT2D eigenvalue weighted by Crippen LogP contribution is 2.22. The minimum atomic E-state index is -0.885. The number of hydrogen-bond donors (Lipinski definition) is 3. The van der Waals surface area contributed by atoms with Crippen molar-refractivity contribution in [3.05, 3.63) is 28.8 Å². The SMILES string of the molecule is CC(C)CC(CNC(=O)c1ccc(Cl)cc1O)CC(=O)O. The van der Waals surface area contributed by atoms with Crippen LogP contribution in [0.3, 0.4) is 0 Å². The maximum Gasteiger partial charge on any atom is 0.303 e. The van der Waals surface area contributed by atoms with E-state index in [0.717, 1.165) is 0 Å². The van der Waals surface area contributed by atoms with Gasteiger partial charge in [0.15, 0.2) is 0 Å². The van der Waals surface area contributed by atoms with Gasteiger partial charge in [0.2, 0.25) is 0 Å². The van der Waals surface area contributed by atoms with Crippen LogP contribution >= 0.6 is 11.6 Å². The Bertz CT molecular complexity index is 516. The van der Waals surface area contributed by atoms with Crippen LogP contribution in [0.1, 0.15) is 37.0 Å². The fourth-order valence-electron chi connectivity index (χ4n) is 2.18. The topological polar surface area (TPSA) is 86.6 Å². The van der Waals surface area contributed by atoms with Crippen LogP contribution in [0.25, 0.3) is 0 Å². The number of amides is 1. The number of rotatable bonds is 7. The van der Waals surface area contributed by atoms with E-state index in [1.165, 1.54) is 18.2 Å². The van der Waals surface area contributed by atoms with Crippen molar-refractivity contribution < 1.29 is 19.8 Å². The van der Waals surface area contributed by atoms with Gasteiger partial charge in [-0.25, -0.2) is 0 Å². The first-order chi connectivity index (χ1) is 9.79. The number of halogens is 1. The maximum atomic E-state index is 12.0. The number of aliphatic carboxylic acids is 1. The summed E-state index contributed by atoms with van der Waals surface area (Å²) in [7, 11) is 0. The second-order valence-corrected chi connectivity index (χ2v) is 5.90. The van der Waals surface area contributed by atoms with Gasteiger partial charge in [-0.2, -0.15) is 0 Å². The summed E-state index contributed by atoms with van der Waals surface area (Å²) >= 11 is 5.71. The molecule has 0 fully saturated rings. The van der Waals surface area contributed by atoms with Crippen molar-refractivity contribution in [3.63, 3.8) is 0 Å². The Morgan fingerprint density at radius 1 is 1.33 bits per heavy atom. The van der Waals surface area contributed by atoms with Gasteiger partial charge < -0.3 is 15.5 Å². The maximum absolute atomic E-state index is 12.0. The Morgan fingerprint density at radius 2 is 2.00 bits per heavy atom. The third-order valence-electron chi connectivity index (χ3n) is 3.02. The van der Waals surface area contributed by atoms with Gasteiger partial charge >= 0.3 is 5.97 Å². The number of benzene rings is 1. The molecule has 3 N–H and O–H groups in total. The lowest BCUT2D eigenvalue weighted by Crippen LogP contribution is -2.31. The van der Waals surface area contributed by atoms with Crippen molar-refractivity contribution >= 4 is 23.5 Å². The number of nitrogens with one attached hydrogen (secondary N) is 1. The fourth-order valence-corrected chi connectivity index (χ4v) is 2.35. The van der Waals surface area contributed by atoms with E-state index < -0.39 is 11.9 Å². The second kappa shape index (κ2) is 7.88. The summed E-state index contributed by atoms with van der Waals surface area (Å²) in [5.74, 6) is -1.32. The van der Waals surface area contributed by atoms with E-state index in [4.69, 9.17) is 16.7 Å². The number of carboxylic acids is 1. The van der Waals surface area contributed by atoms with Crippen molar-refractivity contribution in [2.24, 2.45) is 11.8 Å². The zero-order valence-corrected chi connectivity index (χ0v) is 12.9. The van der Waals surface area contributed by atoms with Crippen LogP contribution in [0, 0.1) is 11.8 Å². The summed E-state index contributed by atoms with van der Waals surface area (Å²) in [6.07, 6.45) is 0.713. The van der Waals surface area contributed by atoms with E-state index in [0.29, 0.717) is 17.4 Å². The van der Waals surface area contributed by atoms with E-state index in [9.17, 15) is 14.7 Å². The molecule has 6 heteroatoms. The van der Waals surface area contributed by atoms with Gasteiger partial charge in [-0.3, -0.25) is 9.59 Å². The standard InChI is InChI=1S/C15H20ClNO4/c1-9(2)5-10(6-14(19)20)8-17-15(21)12-4-3-11(16)7-13(12)18/h3-4,7,9-10,18H,5-6,8H2,1-2H3,(H,17,21)(H,19,20). The number of phenolic OH excluding ortho intramolecular Hbond substituents is 1. The van der Waals surface area contributed by atoms with Gasteiger partial charge in [-0.15, -0.1) is 0 Å². The van der Waals surface area contributed by atoms with E-state index in [-0.39, 0.29) is 30.2 Å². The van der Waals surface area contributed by atoms with Gasteiger partial charge in [0.05, 0.1) is 5.56 Å². The van der Waals surface area contributed by atoms with Crippen molar-refractivity contribution in [3.8, 4) is 5.75 Å². The molecule has 1 amide bonds. The minimum absolute atomic E-state index is 0.00502. The highest BCUT2D eigenvalue weighted by molar-refractivity contribution is 6.30. The molecular formula is C15H20ClNO4. The lowest BCUT2D eigenvalue weighted by atomic mass is 9.94.